The first-order valence-electron chi connectivity index (χ1n) is 8.45. The maximum absolute atomic E-state index is 2.39. The van der Waals surface area contributed by atoms with Crippen LogP contribution in [0.25, 0.3) is 0 Å². The van der Waals surface area contributed by atoms with Crippen LogP contribution in [0.5, 0.6) is 0 Å². The van der Waals surface area contributed by atoms with Crippen molar-refractivity contribution in [2.24, 2.45) is 0 Å². The van der Waals surface area contributed by atoms with E-state index in [9.17, 15) is 0 Å². The van der Waals surface area contributed by atoms with Crippen molar-refractivity contribution in [1.29, 1.82) is 0 Å². The summed E-state index contributed by atoms with van der Waals surface area (Å²) < 4.78 is 0. The van der Waals surface area contributed by atoms with Gasteiger partial charge in [-0.25, -0.2) is 0 Å². The molecule has 0 heterocycles. The Labute approximate surface area is 158 Å². The fourth-order valence-corrected chi connectivity index (χ4v) is 2.70. The predicted molar refractivity (Wildman–Crippen MR) is 101 cm³/mol. The standard InChI is InChI=1S/3C6H11.ClH.H3P.Pd/c3*1-2-4-6-5-3-1;;;/h3*1H,2-6H2;1H;1H3;/q3*-1;;;. The molecule has 3 heteroatoms. The van der Waals surface area contributed by atoms with Crippen LogP contribution in [0.3, 0.4) is 0 Å². The van der Waals surface area contributed by atoms with Gasteiger partial charge in [0.05, 0.1) is 0 Å². The van der Waals surface area contributed by atoms with Gasteiger partial charge < -0.3 is 19.3 Å². The van der Waals surface area contributed by atoms with Gasteiger partial charge in [-0.2, -0.15) is 48.4 Å². The molecular formula is C18H37ClPPd-3. The quantitative estimate of drug-likeness (QED) is 0.224. The average molecular weight is 426 g/mol. The van der Waals surface area contributed by atoms with Crippen LogP contribution in [0.15, 0.2) is 0 Å². The van der Waals surface area contributed by atoms with E-state index in [2.05, 4.69) is 19.3 Å². The van der Waals surface area contributed by atoms with Gasteiger partial charge in [-0.1, -0.05) is 57.8 Å². The van der Waals surface area contributed by atoms with Gasteiger partial charge in [-0.3, -0.25) is 0 Å². The molecule has 134 valence electrons. The second-order valence-electron chi connectivity index (χ2n) is 5.78. The molecule has 0 saturated heterocycles. The number of rotatable bonds is 0. The molecule has 1 atom stereocenters. The zero-order valence-electron chi connectivity index (χ0n) is 13.8. The number of hydrogen-bond donors (Lipinski definition) is 0. The van der Waals surface area contributed by atoms with E-state index < -0.39 is 0 Å². The molecule has 3 aliphatic rings. The Kier molecular flexibility index (Phi) is 30.7. The summed E-state index contributed by atoms with van der Waals surface area (Å²) in [7, 11) is 0. The van der Waals surface area contributed by atoms with Gasteiger partial charge in [-0.05, 0) is 0 Å². The van der Waals surface area contributed by atoms with Crippen molar-refractivity contribution in [3.8, 4) is 0 Å². The first-order chi connectivity index (χ1) is 9.00. The van der Waals surface area contributed by atoms with Gasteiger partial charge >= 0.3 is 0 Å². The van der Waals surface area contributed by atoms with Crippen LogP contribution < -0.4 is 0 Å². The molecule has 3 aliphatic carbocycles. The third kappa shape index (κ3) is 21.4. The first-order valence-corrected chi connectivity index (χ1v) is 8.45. The molecule has 0 spiro atoms. The van der Waals surface area contributed by atoms with E-state index in [1.807, 2.05) is 0 Å². The minimum Gasteiger partial charge on any atom is -0.328 e. The molecule has 3 saturated carbocycles. The van der Waals surface area contributed by atoms with E-state index in [4.69, 9.17) is 0 Å². The number of hydrogen-bond acceptors (Lipinski definition) is 0. The van der Waals surface area contributed by atoms with Crippen molar-refractivity contribution in [3.63, 3.8) is 0 Å². The Bertz CT molecular complexity index is 92.2. The molecular weight excluding hydrogens is 389 g/mol. The van der Waals surface area contributed by atoms with Crippen LogP contribution in [0.2, 0.25) is 0 Å². The fraction of sp³-hybridized carbons (Fsp3) is 0.833. The molecule has 0 N–H and O–H groups in total. The summed E-state index contributed by atoms with van der Waals surface area (Å²) in [6.07, 6.45) is 28.5. The van der Waals surface area contributed by atoms with E-state index in [0.29, 0.717) is 0 Å². The smallest absolute Gasteiger partial charge is 0 e. The minimum atomic E-state index is 0. The molecule has 3 rings (SSSR count). The first kappa shape index (κ1) is 27.2. The Morgan fingerprint density at radius 1 is 0.381 bits per heavy atom. The summed E-state index contributed by atoms with van der Waals surface area (Å²) in [4.78, 5) is 0. The summed E-state index contributed by atoms with van der Waals surface area (Å²) in [6.45, 7) is 0. The molecule has 0 nitrogen and oxygen atoms in total. The van der Waals surface area contributed by atoms with Crippen LogP contribution in [0.4, 0.5) is 0 Å². The monoisotopic (exact) mass is 425 g/mol. The van der Waals surface area contributed by atoms with Crippen molar-refractivity contribution in [2.45, 2.75) is 96.3 Å². The topological polar surface area (TPSA) is 0 Å². The van der Waals surface area contributed by atoms with Crippen molar-refractivity contribution in [1.82, 2.24) is 0 Å². The second-order valence-corrected chi connectivity index (χ2v) is 5.78. The molecule has 1 unspecified atom stereocenters. The van der Waals surface area contributed by atoms with Crippen LogP contribution >= 0.6 is 22.3 Å². The van der Waals surface area contributed by atoms with E-state index in [-0.39, 0.29) is 42.7 Å². The zero-order valence-corrected chi connectivity index (χ0v) is 17.6. The second kappa shape index (κ2) is 23.6. The van der Waals surface area contributed by atoms with Crippen LogP contribution in [0.1, 0.15) is 96.3 Å². The Balaban J connectivity index is -0.000000216. The van der Waals surface area contributed by atoms with Gasteiger partial charge in [0.25, 0.3) is 0 Å². The summed E-state index contributed by atoms with van der Waals surface area (Å²) >= 11 is 0. The average Bonchev–Trinajstić information content (AvgIpc) is 2.54. The van der Waals surface area contributed by atoms with Gasteiger partial charge in [-0.15, -0.1) is 12.4 Å². The molecule has 0 amide bonds. The van der Waals surface area contributed by atoms with E-state index in [1.54, 1.807) is 0 Å². The third-order valence-electron chi connectivity index (χ3n) is 3.95. The molecule has 0 aromatic carbocycles. The molecule has 0 aromatic rings. The van der Waals surface area contributed by atoms with Crippen LogP contribution in [0, 0.1) is 19.3 Å². The largest absolute Gasteiger partial charge is 0.328 e. The van der Waals surface area contributed by atoms with E-state index >= 15 is 0 Å². The van der Waals surface area contributed by atoms with Gasteiger partial charge in [0.2, 0.25) is 0 Å². The van der Waals surface area contributed by atoms with Crippen molar-refractivity contribution in [2.75, 3.05) is 0 Å². The maximum atomic E-state index is 2.39. The van der Waals surface area contributed by atoms with Crippen molar-refractivity contribution >= 4 is 22.3 Å². The summed E-state index contributed by atoms with van der Waals surface area (Å²) in [5.41, 5.74) is 0. The third-order valence-corrected chi connectivity index (χ3v) is 3.95. The summed E-state index contributed by atoms with van der Waals surface area (Å²) in [5, 5.41) is 0. The predicted octanol–water partition coefficient (Wildman–Crippen LogP) is 6.94. The Hall–Kier alpha value is 1.38. The summed E-state index contributed by atoms with van der Waals surface area (Å²) in [5.74, 6) is 0. The van der Waals surface area contributed by atoms with Crippen LogP contribution in [-0.2, 0) is 20.4 Å². The van der Waals surface area contributed by atoms with Gasteiger partial charge in [0.15, 0.2) is 0 Å². The molecule has 0 aliphatic heterocycles. The molecule has 21 heavy (non-hydrogen) atoms. The van der Waals surface area contributed by atoms with E-state index in [1.165, 1.54) is 96.3 Å². The minimum absolute atomic E-state index is 0. The summed E-state index contributed by atoms with van der Waals surface area (Å²) in [6, 6.07) is 0. The molecule has 0 aromatic heterocycles. The zero-order chi connectivity index (χ0) is 12.7. The molecule has 3 fully saturated rings. The Morgan fingerprint density at radius 2 is 0.571 bits per heavy atom. The maximum Gasteiger partial charge on any atom is 0 e. The normalized spacial score (nSPS) is 20.6. The Morgan fingerprint density at radius 3 is 0.619 bits per heavy atom. The SMILES string of the molecule is Cl.P.[CH-]1CCCCC1.[CH-]1CCCCC1.[CH-]1CCCCC1.[Pd]. The number of halogens is 1. The van der Waals surface area contributed by atoms with Crippen molar-refractivity contribution < 1.29 is 20.4 Å². The fourth-order valence-electron chi connectivity index (χ4n) is 2.70. The van der Waals surface area contributed by atoms with Crippen molar-refractivity contribution in [3.05, 3.63) is 19.3 Å². The van der Waals surface area contributed by atoms with Crippen LogP contribution in [-0.4, -0.2) is 0 Å². The van der Waals surface area contributed by atoms with Gasteiger partial charge in [0.1, 0.15) is 0 Å². The molecule has 0 bridgehead atoms. The van der Waals surface area contributed by atoms with Gasteiger partial charge in [0, 0.05) is 20.4 Å². The van der Waals surface area contributed by atoms with E-state index in [0.717, 1.165) is 0 Å². The molecule has 0 radical (unpaired) electrons.